The number of thiocarbonyl (C=S) groups is 1. The van der Waals surface area contributed by atoms with Crippen LogP contribution in [0.5, 0.6) is 11.5 Å². The van der Waals surface area contributed by atoms with Crippen LogP contribution >= 0.6 is 12.2 Å². The molecule has 2 heterocycles. The highest BCUT2D eigenvalue weighted by Crippen LogP contribution is 2.45. The lowest BCUT2D eigenvalue weighted by Crippen LogP contribution is -2.60. The first-order valence-corrected chi connectivity index (χ1v) is 18.5. The minimum atomic E-state index is -1.45. The van der Waals surface area contributed by atoms with E-state index in [0.717, 1.165) is 36.6 Å². The minimum Gasteiger partial charge on any atom is -0.497 e. The number of carboxylic acid groups (broad SMARTS) is 1. The second kappa shape index (κ2) is 15.1. The second-order valence-electron chi connectivity index (χ2n) is 15.3. The summed E-state index contributed by atoms with van der Waals surface area (Å²) in [4.78, 5) is 47.6. The van der Waals surface area contributed by atoms with Gasteiger partial charge in [0.05, 0.1) is 24.9 Å². The number of methoxy groups -OCH3 is 1. The summed E-state index contributed by atoms with van der Waals surface area (Å²) in [5.41, 5.74) is 0.215. The molecular weight excluding hydrogens is 679 g/mol. The Labute approximate surface area is 310 Å². The molecule has 3 fully saturated rings. The number of fused-ring (bicyclic) bond motifs is 1. The first-order valence-electron chi connectivity index (χ1n) is 18.1. The topological polar surface area (TPSA) is 142 Å². The first-order chi connectivity index (χ1) is 24.8. The Kier molecular flexibility index (Phi) is 10.8. The summed E-state index contributed by atoms with van der Waals surface area (Å²) in [6.45, 7) is 9.70. The highest BCUT2D eigenvalue weighted by molar-refractivity contribution is 7.80. The number of amides is 2. The average molecular weight is 728 g/mol. The van der Waals surface area contributed by atoms with Crippen LogP contribution in [-0.4, -0.2) is 81.3 Å². The molecule has 2 amide bonds. The third kappa shape index (κ3) is 7.86. The number of aliphatic carboxylic acids is 1. The molecular formula is C40H49N5O6S. The Balaban J connectivity index is 1.31. The first kappa shape index (κ1) is 37.1. The van der Waals surface area contributed by atoms with E-state index in [1.807, 2.05) is 75.4 Å². The van der Waals surface area contributed by atoms with E-state index in [-0.39, 0.29) is 31.3 Å². The number of carbonyl (C=O) groups excluding carboxylic acids is 2. The van der Waals surface area contributed by atoms with Crippen LogP contribution in [0.25, 0.3) is 22.2 Å². The van der Waals surface area contributed by atoms with Crippen LogP contribution in [0.3, 0.4) is 0 Å². The van der Waals surface area contributed by atoms with Crippen LogP contribution in [0.4, 0.5) is 0 Å². The second-order valence-corrected chi connectivity index (χ2v) is 15.7. The standard InChI is InChI=1S/C40H49N5O6S/c1-6-25-22-40(25,37(48)49)44-35(46)32-20-28(23-45(32)36(47)34(39(2,3)4)43-38(52)41-26-15-11-8-12-16-26)51-33-21-30(24-13-9-7-10-14-24)42-31-19-27(50-5)17-18-29(31)33/h6-7,9-10,13-14,17-19,21,25-26,28,32,34H,1,8,11-12,15-16,20,22-23H2,2-5H3,(H,44,46)(H,48,49)(H2,41,43,52)/t25-,28+,32-,34+,40?/m0/s1. The Bertz CT molecular complexity index is 1840. The lowest BCUT2D eigenvalue weighted by Gasteiger charge is -2.37. The maximum atomic E-state index is 14.7. The van der Waals surface area contributed by atoms with Gasteiger partial charge in [0.15, 0.2) is 5.11 Å². The number of benzene rings is 2. The van der Waals surface area contributed by atoms with Crippen molar-refractivity contribution in [2.45, 2.75) is 95.5 Å². The molecule has 4 N–H and O–H groups in total. The van der Waals surface area contributed by atoms with E-state index in [2.05, 4.69) is 22.5 Å². The summed E-state index contributed by atoms with van der Waals surface area (Å²) in [6, 6.07) is 15.6. The predicted octanol–water partition coefficient (Wildman–Crippen LogP) is 5.62. The SMILES string of the molecule is C=C[C@H]1CC1(NC(=O)[C@@H]1C[C@@H](Oc2cc(-c3ccccc3)nc3cc(OC)ccc23)CN1C(=O)[C@@H](NC(=S)NC1CCCCC1)C(C)(C)C)C(=O)O. The fraction of sp³-hybridized carbons (Fsp3) is 0.475. The number of nitrogens with zero attached hydrogens (tertiary/aromatic N) is 2. The number of aromatic nitrogens is 1. The number of nitrogens with one attached hydrogen (secondary N) is 3. The molecule has 3 aliphatic rings. The van der Waals surface area contributed by atoms with Gasteiger partial charge in [0.2, 0.25) is 11.8 Å². The van der Waals surface area contributed by atoms with Gasteiger partial charge in [0.25, 0.3) is 0 Å². The Morgan fingerprint density at radius 2 is 1.83 bits per heavy atom. The predicted molar refractivity (Wildman–Crippen MR) is 204 cm³/mol. The normalized spacial score (nSPS) is 23.7. The number of ether oxygens (including phenoxy) is 2. The van der Waals surface area contributed by atoms with Gasteiger partial charge in [-0.3, -0.25) is 9.59 Å². The molecule has 6 rings (SSSR count). The van der Waals surface area contributed by atoms with E-state index in [9.17, 15) is 19.5 Å². The summed E-state index contributed by atoms with van der Waals surface area (Å²) in [6.07, 6.45) is 6.83. The van der Waals surface area contributed by atoms with E-state index < -0.39 is 46.9 Å². The van der Waals surface area contributed by atoms with Gasteiger partial charge in [-0.15, -0.1) is 6.58 Å². The molecule has 2 aliphatic carbocycles. The Hall–Kier alpha value is -4.71. The van der Waals surface area contributed by atoms with Crippen molar-refractivity contribution < 1.29 is 29.0 Å². The van der Waals surface area contributed by atoms with E-state index in [1.165, 1.54) is 11.3 Å². The molecule has 1 aliphatic heterocycles. The van der Waals surface area contributed by atoms with Gasteiger partial charge < -0.3 is 35.4 Å². The largest absolute Gasteiger partial charge is 0.497 e. The molecule has 0 radical (unpaired) electrons. The van der Waals surface area contributed by atoms with Crippen molar-refractivity contribution in [2.75, 3.05) is 13.7 Å². The third-order valence-electron chi connectivity index (χ3n) is 10.5. The van der Waals surface area contributed by atoms with E-state index in [1.54, 1.807) is 13.2 Å². The van der Waals surface area contributed by atoms with Crippen molar-refractivity contribution in [3.63, 3.8) is 0 Å². The number of hydrogen-bond donors (Lipinski definition) is 4. The van der Waals surface area contributed by atoms with Crippen LogP contribution in [0.1, 0.15) is 65.7 Å². The van der Waals surface area contributed by atoms with Crippen molar-refractivity contribution in [1.82, 2.24) is 25.8 Å². The van der Waals surface area contributed by atoms with Gasteiger partial charge in [-0.1, -0.05) is 76.4 Å². The zero-order valence-electron chi connectivity index (χ0n) is 30.3. The maximum Gasteiger partial charge on any atom is 0.330 e. The smallest absolute Gasteiger partial charge is 0.330 e. The van der Waals surface area contributed by atoms with Crippen LogP contribution < -0.4 is 25.4 Å². The number of hydrogen-bond acceptors (Lipinski definition) is 7. The molecule has 0 spiro atoms. The number of pyridine rings is 1. The van der Waals surface area contributed by atoms with E-state index >= 15 is 0 Å². The number of carboxylic acids is 1. The molecule has 5 atom stereocenters. The molecule has 3 aromatic rings. The Morgan fingerprint density at radius 3 is 2.46 bits per heavy atom. The molecule has 1 unspecified atom stereocenters. The van der Waals surface area contributed by atoms with Gasteiger partial charge in [-0.25, -0.2) is 9.78 Å². The molecule has 2 aromatic carbocycles. The molecule has 276 valence electrons. The van der Waals surface area contributed by atoms with Gasteiger partial charge >= 0.3 is 5.97 Å². The summed E-state index contributed by atoms with van der Waals surface area (Å²) >= 11 is 5.73. The van der Waals surface area contributed by atoms with Gasteiger partial charge in [-0.05, 0) is 49.0 Å². The monoisotopic (exact) mass is 727 g/mol. The summed E-state index contributed by atoms with van der Waals surface area (Å²) < 4.78 is 12.2. The third-order valence-corrected chi connectivity index (χ3v) is 10.8. The van der Waals surface area contributed by atoms with Crippen LogP contribution in [0.2, 0.25) is 0 Å². The van der Waals surface area contributed by atoms with Crippen LogP contribution in [-0.2, 0) is 14.4 Å². The summed E-state index contributed by atoms with van der Waals surface area (Å²) in [5.74, 6) is -1.21. The van der Waals surface area contributed by atoms with Gasteiger partial charge in [0, 0.05) is 41.5 Å². The highest BCUT2D eigenvalue weighted by Gasteiger charge is 2.61. The summed E-state index contributed by atoms with van der Waals surface area (Å²) in [5, 5.41) is 20.7. The van der Waals surface area contributed by atoms with Crippen molar-refractivity contribution in [1.29, 1.82) is 0 Å². The molecule has 12 heteroatoms. The Morgan fingerprint density at radius 1 is 1.10 bits per heavy atom. The number of likely N-dealkylation sites (tertiary alicyclic amines) is 1. The summed E-state index contributed by atoms with van der Waals surface area (Å²) in [7, 11) is 1.60. The van der Waals surface area contributed by atoms with Crippen molar-refractivity contribution in [3.8, 4) is 22.8 Å². The fourth-order valence-corrected chi connectivity index (χ4v) is 7.73. The van der Waals surface area contributed by atoms with Crippen LogP contribution in [0.15, 0.2) is 67.3 Å². The lowest BCUT2D eigenvalue weighted by atomic mass is 9.85. The lowest BCUT2D eigenvalue weighted by molar-refractivity contribution is -0.146. The maximum absolute atomic E-state index is 14.7. The molecule has 52 heavy (non-hydrogen) atoms. The molecule has 2 saturated carbocycles. The van der Waals surface area contributed by atoms with Gasteiger partial charge in [0.1, 0.15) is 35.2 Å². The molecule has 0 bridgehead atoms. The average Bonchev–Trinajstić information content (AvgIpc) is 3.69. The van der Waals surface area contributed by atoms with E-state index in [4.69, 9.17) is 26.7 Å². The van der Waals surface area contributed by atoms with Crippen LogP contribution in [0, 0.1) is 11.3 Å². The quantitative estimate of drug-likeness (QED) is 0.145. The number of rotatable bonds is 11. The fourth-order valence-electron chi connectivity index (χ4n) is 7.45. The zero-order chi connectivity index (χ0) is 37.2. The van der Waals surface area contributed by atoms with Gasteiger partial charge in [-0.2, -0.15) is 0 Å². The van der Waals surface area contributed by atoms with Crippen molar-refractivity contribution >= 4 is 46.0 Å². The molecule has 1 aromatic heterocycles. The number of carbonyl (C=O) groups is 3. The molecule has 1 saturated heterocycles. The zero-order valence-corrected chi connectivity index (χ0v) is 31.1. The molecule has 11 nitrogen and oxygen atoms in total. The van der Waals surface area contributed by atoms with Crippen molar-refractivity contribution in [3.05, 3.63) is 67.3 Å². The minimum absolute atomic E-state index is 0.0968. The van der Waals surface area contributed by atoms with Crippen molar-refractivity contribution in [2.24, 2.45) is 11.3 Å². The highest BCUT2D eigenvalue weighted by atomic mass is 32.1. The van der Waals surface area contributed by atoms with E-state index in [0.29, 0.717) is 27.8 Å².